The van der Waals surface area contributed by atoms with E-state index in [1.54, 1.807) is 0 Å². The summed E-state index contributed by atoms with van der Waals surface area (Å²) in [5.41, 5.74) is 1.38. The van der Waals surface area contributed by atoms with Crippen molar-refractivity contribution in [2.45, 2.75) is 26.3 Å². The van der Waals surface area contributed by atoms with Gasteiger partial charge >= 0.3 is 0 Å². The number of anilines is 1. The average Bonchev–Trinajstić information content (AvgIpc) is 2.50. The van der Waals surface area contributed by atoms with Crippen LogP contribution in [0.5, 0.6) is 0 Å². The summed E-state index contributed by atoms with van der Waals surface area (Å²) in [5.74, 6) is 0.746. The van der Waals surface area contributed by atoms with Crippen LogP contribution in [-0.4, -0.2) is 25.7 Å². The molecular formula is C18H24N2. The molecule has 0 radical (unpaired) electrons. The van der Waals surface area contributed by atoms with Gasteiger partial charge in [0.05, 0.1) is 0 Å². The smallest absolute Gasteiger partial charge is 0.0448 e. The Labute approximate surface area is 121 Å². The highest BCUT2D eigenvalue weighted by molar-refractivity contribution is 5.94. The third-order valence-corrected chi connectivity index (χ3v) is 4.60. The lowest BCUT2D eigenvalue weighted by Crippen LogP contribution is -2.50. The van der Waals surface area contributed by atoms with E-state index in [2.05, 4.69) is 66.5 Å². The molecule has 3 rings (SSSR count). The molecule has 2 aromatic carbocycles. The van der Waals surface area contributed by atoms with Gasteiger partial charge in [-0.3, -0.25) is 0 Å². The van der Waals surface area contributed by atoms with Gasteiger partial charge in [0.2, 0.25) is 0 Å². The number of nitrogens with zero attached hydrogens (tertiary/aromatic N) is 1. The highest BCUT2D eigenvalue weighted by Crippen LogP contribution is 2.30. The molecule has 2 heteroatoms. The van der Waals surface area contributed by atoms with Crippen LogP contribution >= 0.6 is 0 Å². The second kappa shape index (κ2) is 5.84. The predicted molar refractivity (Wildman–Crippen MR) is 87.4 cm³/mol. The van der Waals surface area contributed by atoms with E-state index in [-0.39, 0.29) is 0 Å². The zero-order valence-corrected chi connectivity index (χ0v) is 12.5. The lowest BCUT2D eigenvalue weighted by molar-refractivity contribution is 0.332. The Bertz CT molecular complexity index is 573. The van der Waals surface area contributed by atoms with Crippen LogP contribution in [-0.2, 0) is 0 Å². The van der Waals surface area contributed by atoms with Crippen LogP contribution in [0, 0.1) is 5.92 Å². The van der Waals surface area contributed by atoms with Crippen LogP contribution in [0.15, 0.2) is 42.5 Å². The maximum atomic E-state index is 3.56. The normalized spacial score (nSPS) is 22.9. The van der Waals surface area contributed by atoms with Gasteiger partial charge in [0.1, 0.15) is 0 Å². The lowest BCUT2D eigenvalue weighted by atomic mass is 9.92. The van der Waals surface area contributed by atoms with Crippen LogP contribution in [0.4, 0.5) is 5.69 Å². The first kappa shape index (κ1) is 13.4. The number of hydrogen-bond acceptors (Lipinski definition) is 2. The molecule has 0 bridgehead atoms. The second-order valence-electron chi connectivity index (χ2n) is 5.82. The summed E-state index contributed by atoms with van der Waals surface area (Å²) >= 11 is 0. The third-order valence-electron chi connectivity index (χ3n) is 4.60. The summed E-state index contributed by atoms with van der Waals surface area (Å²) < 4.78 is 0. The minimum atomic E-state index is 0.597. The molecule has 106 valence electrons. The van der Waals surface area contributed by atoms with Crippen molar-refractivity contribution in [2.24, 2.45) is 5.92 Å². The molecule has 1 heterocycles. The molecule has 0 amide bonds. The first-order valence-corrected chi connectivity index (χ1v) is 7.76. The van der Waals surface area contributed by atoms with Crippen LogP contribution < -0.4 is 10.2 Å². The Hall–Kier alpha value is -1.54. The quantitative estimate of drug-likeness (QED) is 0.914. The highest BCUT2D eigenvalue weighted by Gasteiger charge is 2.27. The van der Waals surface area contributed by atoms with Gasteiger partial charge < -0.3 is 10.2 Å². The number of likely N-dealkylation sites (N-methyl/N-ethyl adjacent to an activating group) is 1. The first-order chi connectivity index (χ1) is 9.81. The standard InChI is InChI=1S/C18H24N2/c1-3-20(18-13-19-12-11-14(18)2)17-10-6-8-15-7-4-5-9-16(15)17/h4-10,14,18-19H,3,11-13H2,1-2H3. The number of benzene rings is 2. The molecule has 1 saturated heterocycles. The molecule has 0 aromatic heterocycles. The SMILES string of the molecule is CCN(c1cccc2ccccc12)C1CNCCC1C. The molecule has 2 atom stereocenters. The maximum absolute atomic E-state index is 3.56. The van der Waals surface area contributed by atoms with Crippen LogP contribution in [0.2, 0.25) is 0 Å². The Kier molecular flexibility index (Phi) is 3.93. The van der Waals surface area contributed by atoms with Crippen molar-refractivity contribution in [2.75, 3.05) is 24.5 Å². The van der Waals surface area contributed by atoms with Crippen LogP contribution in [0.1, 0.15) is 20.3 Å². The van der Waals surface area contributed by atoms with Crippen molar-refractivity contribution in [3.8, 4) is 0 Å². The first-order valence-electron chi connectivity index (χ1n) is 7.76. The minimum absolute atomic E-state index is 0.597. The molecule has 20 heavy (non-hydrogen) atoms. The van der Waals surface area contributed by atoms with E-state index in [0.29, 0.717) is 6.04 Å². The van der Waals surface area contributed by atoms with Crippen molar-refractivity contribution in [1.82, 2.24) is 5.32 Å². The molecule has 0 aliphatic carbocycles. The maximum Gasteiger partial charge on any atom is 0.0448 e. The zero-order chi connectivity index (χ0) is 13.9. The minimum Gasteiger partial charge on any atom is -0.367 e. The van der Waals surface area contributed by atoms with Gasteiger partial charge in [0, 0.05) is 30.2 Å². The largest absolute Gasteiger partial charge is 0.367 e. The highest BCUT2D eigenvalue weighted by atomic mass is 15.2. The van der Waals surface area contributed by atoms with Crippen molar-refractivity contribution in [3.63, 3.8) is 0 Å². The molecule has 1 aliphatic rings. The summed E-state index contributed by atoms with van der Waals surface area (Å²) in [5, 5.41) is 6.26. The lowest BCUT2D eigenvalue weighted by Gasteiger charge is -2.40. The predicted octanol–water partition coefficient (Wildman–Crippen LogP) is 3.66. The third kappa shape index (κ3) is 2.40. The van der Waals surface area contributed by atoms with E-state index in [1.807, 2.05) is 0 Å². The fraction of sp³-hybridized carbons (Fsp3) is 0.444. The molecule has 1 aliphatic heterocycles. The van der Waals surface area contributed by atoms with Crippen LogP contribution in [0.3, 0.4) is 0 Å². The zero-order valence-electron chi connectivity index (χ0n) is 12.5. The monoisotopic (exact) mass is 268 g/mol. The van der Waals surface area contributed by atoms with Gasteiger partial charge in [0.25, 0.3) is 0 Å². The Morgan fingerprint density at radius 3 is 2.75 bits per heavy atom. The van der Waals surface area contributed by atoms with Gasteiger partial charge in [-0.1, -0.05) is 43.3 Å². The Morgan fingerprint density at radius 2 is 1.95 bits per heavy atom. The molecule has 2 aromatic rings. The van der Waals surface area contributed by atoms with Gasteiger partial charge in [0.15, 0.2) is 0 Å². The number of nitrogens with one attached hydrogen (secondary N) is 1. The van der Waals surface area contributed by atoms with E-state index >= 15 is 0 Å². The fourth-order valence-corrected chi connectivity index (χ4v) is 3.43. The second-order valence-corrected chi connectivity index (χ2v) is 5.82. The van der Waals surface area contributed by atoms with Gasteiger partial charge in [-0.15, -0.1) is 0 Å². The van der Waals surface area contributed by atoms with E-state index in [0.717, 1.165) is 25.6 Å². The molecule has 2 nitrogen and oxygen atoms in total. The number of rotatable bonds is 3. The number of fused-ring (bicyclic) bond motifs is 1. The van der Waals surface area contributed by atoms with E-state index in [1.165, 1.54) is 22.9 Å². The number of hydrogen-bond donors (Lipinski definition) is 1. The molecular weight excluding hydrogens is 244 g/mol. The Balaban J connectivity index is 2.02. The average molecular weight is 268 g/mol. The summed E-state index contributed by atoms with van der Waals surface area (Å²) in [6.07, 6.45) is 1.27. The van der Waals surface area contributed by atoms with Gasteiger partial charge in [-0.05, 0) is 37.3 Å². The van der Waals surface area contributed by atoms with Crippen molar-refractivity contribution in [1.29, 1.82) is 0 Å². The van der Waals surface area contributed by atoms with E-state index in [9.17, 15) is 0 Å². The molecule has 2 unspecified atom stereocenters. The summed E-state index contributed by atoms with van der Waals surface area (Å²) in [4.78, 5) is 2.58. The summed E-state index contributed by atoms with van der Waals surface area (Å²) in [6.45, 7) is 7.97. The molecule has 1 fully saturated rings. The molecule has 0 spiro atoms. The van der Waals surface area contributed by atoms with Gasteiger partial charge in [-0.25, -0.2) is 0 Å². The Morgan fingerprint density at radius 1 is 1.15 bits per heavy atom. The van der Waals surface area contributed by atoms with E-state index in [4.69, 9.17) is 0 Å². The molecule has 1 N–H and O–H groups in total. The number of piperidine rings is 1. The van der Waals surface area contributed by atoms with Crippen molar-refractivity contribution in [3.05, 3.63) is 42.5 Å². The van der Waals surface area contributed by atoms with Crippen molar-refractivity contribution >= 4 is 16.5 Å². The van der Waals surface area contributed by atoms with Gasteiger partial charge in [-0.2, -0.15) is 0 Å². The van der Waals surface area contributed by atoms with Crippen molar-refractivity contribution < 1.29 is 0 Å². The van der Waals surface area contributed by atoms with E-state index < -0.39 is 0 Å². The fourth-order valence-electron chi connectivity index (χ4n) is 3.43. The van der Waals surface area contributed by atoms with Crippen LogP contribution in [0.25, 0.3) is 10.8 Å². The topological polar surface area (TPSA) is 15.3 Å². The summed E-state index contributed by atoms with van der Waals surface area (Å²) in [6, 6.07) is 16.0. The summed E-state index contributed by atoms with van der Waals surface area (Å²) in [7, 11) is 0. The molecule has 0 saturated carbocycles.